The van der Waals surface area contributed by atoms with Crippen molar-refractivity contribution in [2.75, 3.05) is 25.1 Å². The lowest BCUT2D eigenvalue weighted by molar-refractivity contribution is 0.0697. The zero-order chi connectivity index (χ0) is 13.1. The van der Waals surface area contributed by atoms with E-state index in [0.29, 0.717) is 5.56 Å². The fraction of sp³-hybridized carbons (Fsp3) is 0.385. The number of rotatable bonds is 3. The van der Waals surface area contributed by atoms with Gasteiger partial charge in [-0.05, 0) is 24.6 Å². The molecule has 0 aromatic heterocycles. The van der Waals surface area contributed by atoms with Gasteiger partial charge in [0.05, 0.1) is 22.9 Å². The van der Waals surface area contributed by atoms with E-state index in [1.165, 1.54) is 12.1 Å². The molecule has 1 N–H and O–H groups in total. The predicted octanol–water partition coefficient (Wildman–Crippen LogP) is 1.48. The molecule has 1 atom stereocenters. The number of carboxylic acid groups (broad SMARTS) is 1. The highest BCUT2D eigenvalue weighted by Gasteiger charge is 2.24. The van der Waals surface area contributed by atoms with Crippen molar-refractivity contribution in [3.63, 3.8) is 0 Å². The molecule has 2 rings (SSSR count). The van der Waals surface area contributed by atoms with E-state index >= 15 is 0 Å². The van der Waals surface area contributed by atoms with Crippen molar-refractivity contribution in [1.29, 1.82) is 5.26 Å². The molecule has 1 aliphatic heterocycles. The molecule has 1 aromatic carbocycles. The van der Waals surface area contributed by atoms with Gasteiger partial charge in [-0.1, -0.05) is 0 Å². The van der Waals surface area contributed by atoms with E-state index in [-0.39, 0.29) is 11.7 Å². The summed E-state index contributed by atoms with van der Waals surface area (Å²) in [6, 6.07) is 6.69. The summed E-state index contributed by atoms with van der Waals surface area (Å²) in [6.45, 7) is 1.55. The molecule has 1 aromatic rings. The maximum Gasteiger partial charge on any atom is 0.335 e. The largest absolute Gasteiger partial charge is 0.478 e. The van der Waals surface area contributed by atoms with Crippen molar-refractivity contribution < 1.29 is 14.6 Å². The van der Waals surface area contributed by atoms with E-state index in [1.807, 2.05) is 0 Å². The van der Waals surface area contributed by atoms with Gasteiger partial charge in [-0.3, -0.25) is 0 Å². The van der Waals surface area contributed by atoms with Crippen LogP contribution >= 0.6 is 0 Å². The number of nitriles is 1. The van der Waals surface area contributed by atoms with Gasteiger partial charge in [-0.15, -0.1) is 0 Å². The molecule has 1 heterocycles. The van der Waals surface area contributed by atoms with Crippen LogP contribution in [0.5, 0.6) is 0 Å². The van der Waals surface area contributed by atoms with E-state index < -0.39 is 5.97 Å². The molecule has 5 heteroatoms. The van der Waals surface area contributed by atoms with Gasteiger partial charge < -0.3 is 14.7 Å². The van der Waals surface area contributed by atoms with E-state index in [9.17, 15) is 4.79 Å². The van der Waals surface area contributed by atoms with Gasteiger partial charge in [0.25, 0.3) is 0 Å². The quantitative estimate of drug-likeness (QED) is 0.874. The van der Waals surface area contributed by atoms with Gasteiger partial charge >= 0.3 is 5.97 Å². The Labute approximate surface area is 105 Å². The van der Waals surface area contributed by atoms with Crippen LogP contribution in [0.2, 0.25) is 0 Å². The molecule has 1 aliphatic rings. The van der Waals surface area contributed by atoms with Crippen LogP contribution in [-0.4, -0.2) is 37.4 Å². The van der Waals surface area contributed by atoms with Crippen molar-refractivity contribution in [1.82, 2.24) is 0 Å². The number of hydrogen-bond acceptors (Lipinski definition) is 4. The molecule has 1 fully saturated rings. The fourth-order valence-corrected chi connectivity index (χ4v) is 2.17. The summed E-state index contributed by atoms with van der Waals surface area (Å²) >= 11 is 0. The molecule has 18 heavy (non-hydrogen) atoms. The number of ether oxygens (including phenoxy) is 1. The van der Waals surface area contributed by atoms with Gasteiger partial charge in [0.1, 0.15) is 6.07 Å². The Morgan fingerprint density at radius 2 is 2.39 bits per heavy atom. The third kappa shape index (κ3) is 2.29. The summed E-state index contributed by atoms with van der Waals surface area (Å²) in [6.07, 6.45) is 1.10. The summed E-state index contributed by atoms with van der Waals surface area (Å²) in [5.41, 5.74) is 1.31. The first kappa shape index (κ1) is 12.4. The Hall–Kier alpha value is -2.06. The van der Waals surface area contributed by atoms with E-state index in [2.05, 4.69) is 11.0 Å². The Morgan fingerprint density at radius 1 is 1.61 bits per heavy atom. The summed E-state index contributed by atoms with van der Waals surface area (Å²) in [5.74, 6) is -1.02. The highest BCUT2D eigenvalue weighted by Crippen LogP contribution is 2.26. The van der Waals surface area contributed by atoms with Crippen LogP contribution in [0.15, 0.2) is 18.2 Å². The second kappa shape index (κ2) is 5.07. The van der Waals surface area contributed by atoms with Gasteiger partial charge in [-0.2, -0.15) is 5.26 Å². The molecular formula is C13H14N2O3. The summed E-state index contributed by atoms with van der Waals surface area (Å²) in [4.78, 5) is 12.9. The number of anilines is 1. The minimum Gasteiger partial charge on any atom is -0.478 e. The second-order valence-electron chi connectivity index (χ2n) is 4.24. The molecule has 94 valence electrons. The first-order valence-corrected chi connectivity index (χ1v) is 5.71. The zero-order valence-corrected chi connectivity index (χ0v) is 10.1. The van der Waals surface area contributed by atoms with Gasteiger partial charge in [0, 0.05) is 20.2 Å². The van der Waals surface area contributed by atoms with Crippen LogP contribution in [0.1, 0.15) is 22.3 Å². The number of aromatic carboxylic acids is 1. The van der Waals surface area contributed by atoms with Gasteiger partial charge in [0.2, 0.25) is 0 Å². The van der Waals surface area contributed by atoms with Crippen LogP contribution in [0, 0.1) is 11.3 Å². The average molecular weight is 246 g/mol. The van der Waals surface area contributed by atoms with Crippen LogP contribution in [0.4, 0.5) is 5.69 Å². The maximum absolute atomic E-state index is 10.9. The number of nitrogens with zero attached hydrogens (tertiary/aromatic N) is 2. The Bertz CT molecular complexity index is 507. The van der Waals surface area contributed by atoms with Crippen LogP contribution in [0.25, 0.3) is 0 Å². The average Bonchev–Trinajstić information content (AvgIpc) is 2.86. The second-order valence-corrected chi connectivity index (χ2v) is 4.24. The minimum absolute atomic E-state index is 0.137. The first-order chi connectivity index (χ1) is 8.65. The van der Waals surface area contributed by atoms with Crippen molar-refractivity contribution in [3.8, 4) is 6.07 Å². The van der Waals surface area contributed by atoms with E-state index in [1.54, 1.807) is 13.2 Å². The van der Waals surface area contributed by atoms with Gasteiger partial charge in [0.15, 0.2) is 0 Å². The van der Waals surface area contributed by atoms with E-state index in [4.69, 9.17) is 15.1 Å². The van der Waals surface area contributed by atoms with Crippen molar-refractivity contribution in [2.45, 2.75) is 12.5 Å². The topological polar surface area (TPSA) is 73.6 Å². The molecule has 0 amide bonds. The number of hydrogen-bond donors (Lipinski definition) is 1. The maximum atomic E-state index is 10.9. The summed E-state index contributed by atoms with van der Waals surface area (Å²) in [5, 5.41) is 18.0. The minimum atomic E-state index is -1.02. The van der Waals surface area contributed by atoms with Crippen LogP contribution < -0.4 is 4.90 Å². The summed E-state index contributed by atoms with van der Waals surface area (Å²) in [7, 11) is 1.67. The van der Waals surface area contributed by atoms with Crippen LogP contribution in [0.3, 0.4) is 0 Å². The number of methoxy groups -OCH3 is 1. The SMILES string of the molecule is COC1CCN(c2ccc(C(=O)O)cc2C#N)C1. The lowest BCUT2D eigenvalue weighted by Gasteiger charge is -2.19. The number of benzene rings is 1. The lowest BCUT2D eigenvalue weighted by Crippen LogP contribution is -2.23. The smallest absolute Gasteiger partial charge is 0.335 e. The monoisotopic (exact) mass is 246 g/mol. The number of carbonyl (C=O) groups is 1. The molecule has 0 radical (unpaired) electrons. The number of carboxylic acids is 1. The molecule has 0 aliphatic carbocycles. The lowest BCUT2D eigenvalue weighted by atomic mass is 10.1. The van der Waals surface area contributed by atoms with Crippen LogP contribution in [-0.2, 0) is 4.74 Å². The normalized spacial score (nSPS) is 18.7. The molecule has 0 spiro atoms. The highest BCUT2D eigenvalue weighted by molar-refractivity contribution is 5.89. The first-order valence-electron chi connectivity index (χ1n) is 5.71. The Balaban J connectivity index is 2.29. The molecule has 1 unspecified atom stereocenters. The molecule has 0 saturated carbocycles. The Morgan fingerprint density at radius 3 is 2.94 bits per heavy atom. The summed E-state index contributed by atoms with van der Waals surface area (Å²) < 4.78 is 5.28. The molecular weight excluding hydrogens is 232 g/mol. The predicted molar refractivity (Wildman–Crippen MR) is 65.7 cm³/mol. The van der Waals surface area contributed by atoms with Crippen molar-refractivity contribution >= 4 is 11.7 Å². The van der Waals surface area contributed by atoms with Crippen molar-refractivity contribution in [2.24, 2.45) is 0 Å². The Kier molecular flexibility index (Phi) is 3.49. The zero-order valence-electron chi connectivity index (χ0n) is 10.1. The van der Waals surface area contributed by atoms with E-state index in [0.717, 1.165) is 25.2 Å². The highest BCUT2D eigenvalue weighted by atomic mass is 16.5. The third-order valence-corrected chi connectivity index (χ3v) is 3.18. The standard InChI is InChI=1S/C13H14N2O3/c1-18-11-4-5-15(8-11)12-3-2-9(13(16)17)6-10(12)7-14/h2-3,6,11H,4-5,8H2,1H3,(H,16,17). The van der Waals surface area contributed by atoms with Crippen molar-refractivity contribution in [3.05, 3.63) is 29.3 Å². The molecule has 0 bridgehead atoms. The van der Waals surface area contributed by atoms with Gasteiger partial charge in [-0.25, -0.2) is 4.79 Å². The molecule has 1 saturated heterocycles. The molecule has 5 nitrogen and oxygen atoms in total. The third-order valence-electron chi connectivity index (χ3n) is 3.18. The fourth-order valence-electron chi connectivity index (χ4n) is 2.17.